The highest BCUT2D eigenvalue weighted by atomic mass is 127. The van der Waals surface area contributed by atoms with E-state index in [9.17, 15) is 57.5 Å². The predicted molar refractivity (Wildman–Crippen MR) is 457 cm³/mol. The Morgan fingerprint density at radius 1 is 0.339 bits per heavy atom. The quantitative estimate of drug-likeness (QED) is 0.0248. The molecule has 12 rings (SSSR count). The molecule has 0 unspecified atom stereocenters. The maximum Gasteiger partial charge on any atom is 0.332 e. The van der Waals surface area contributed by atoms with E-state index in [0.29, 0.717) is 75.4 Å². The van der Waals surface area contributed by atoms with Gasteiger partial charge in [0.2, 0.25) is 35.4 Å². The Bertz CT molecular complexity index is 6190. The van der Waals surface area contributed by atoms with Crippen molar-refractivity contribution in [1.82, 2.24) is 27.4 Å². The highest BCUT2D eigenvalue weighted by Gasteiger charge is 2.24. The topological polar surface area (TPSA) is 380 Å². The number of ether oxygens (including phenoxy) is 8. The monoisotopic (exact) mass is 1760 g/mol. The number of nitrogens with one attached hydrogen (secondary N) is 6. The number of anilines is 6. The minimum atomic E-state index is -0.818. The molecule has 3 aromatic heterocycles. The Hall–Kier alpha value is -13.7. The highest BCUT2D eigenvalue weighted by molar-refractivity contribution is 14.1. The summed E-state index contributed by atoms with van der Waals surface area (Å²) in [6.45, 7) is 1.56. The summed E-state index contributed by atoms with van der Waals surface area (Å²) >= 11 is 14.5. The van der Waals surface area contributed by atoms with Gasteiger partial charge in [0.05, 0.1) is 120 Å². The number of hydrogen-bond donors (Lipinski definition) is 6. The smallest absolute Gasteiger partial charge is 0.332 e. The first-order valence-electron chi connectivity index (χ1n) is 35.9. The van der Waals surface area contributed by atoms with Gasteiger partial charge in [-0.1, -0.05) is 84.2 Å². The van der Waals surface area contributed by atoms with E-state index in [2.05, 4.69) is 54.5 Å². The van der Waals surface area contributed by atoms with Gasteiger partial charge >= 0.3 is 17.1 Å². The molecule has 9 aromatic carbocycles. The van der Waals surface area contributed by atoms with Gasteiger partial charge in [0.25, 0.3) is 16.7 Å². The number of aromatic nitrogens is 6. The maximum absolute atomic E-state index is 13.5. The van der Waals surface area contributed by atoms with Crippen LogP contribution in [0.15, 0.2) is 211 Å². The number of amides is 6. The van der Waals surface area contributed by atoms with E-state index in [1.54, 1.807) is 127 Å². The second-order valence-electron chi connectivity index (χ2n) is 25.6. The molecule has 0 spiro atoms. The van der Waals surface area contributed by atoms with Crippen molar-refractivity contribution in [2.45, 2.75) is 59.5 Å². The SMILES string of the molecule is CCCOc1ccc(NC(=O)Cn2c(=O)c3ccccc3n(CC(=O)Nc3cc(Cl)c(OC)cc3OC)c2=O)cc1.COc1cc(OC)c(NC(=O)Cn2c(=O)n(CC(=O)Nc3ccc(C)cc3)c(=O)c3ccccc32)cc1Cl.COc1ccc(NC(=O)Cn2c(=O)c3ccccc3n(CC(=O)Nc3cc(I)c(OC)cc3OC)c2=O)cc1. The van der Waals surface area contributed by atoms with Gasteiger partial charge in [-0.2, -0.15) is 0 Å². The summed E-state index contributed by atoms with van der Waals surface area (Å²) in [5, 5.41) is 17.2. The summed E-state index contributed by atoms with van der Waals surface area (Å²) in [4.78, 5) is 157. The molecule has 0 fully saturated rings. The Kier molecular flexibility index (Phi) is 29.5. The minimum absolute atomic E-state index is 0.176. The minimum Gasteiger partial charge on any atom is -0.497 e. The van der Waals surface area contributed by atoms with Gasteiger partial charge in [0.1, 0.15) is 85.3 Å². The van der Waals surface area contributed by atoms with Crippen LogP contribution in [0.4, 0.5) is 34.1 Å². The third kappa shape index (κ3) is 21.1. The van der Waals surface area contributed by atoms with Crippen LogP contribution >= 0.6 is 45.8 Å². The molecular weight excluding hydrogens is 1680 g/mol. The molecule has 0 aliphatic heterocycles. The second-order valence-corrected chi connectivity index (χ2v) is 27.6. The number of rotatable bonds is 28. The molecule has 612 valence electrons. The molecule has 0 radical (unpaired) electrons. The fourth-order valence-electron chi connectivity index (χ4n) is 12.1. The Labute approximate surface area is 695 Å². The number of nitrogens with zero attached hydrogens (tertiary/aromatic N) is 6. The number of benzene rings is 9. The third-order valence-corrected chi connectivity index (χ3v) is 19.2. The Morgan fingerprint density at radius 3 is 0.949 bits per heavy atom. The fraction of sp³-hybridized carbons (Fsp3) is 0.205. The van der Waals surface area contributed by atoms with Crippen molar-refractivity contribution in [3.05, 3.63) is 264 Å². The summed E-state index contributed by atoms with van der Waals surface area (Å²) in [6, 6.07) is 48.9. The second kappa shape index (κ2) is 40.1. The molecule has 6 amide bonds. The summed E-state index contributed by atoms with van der Waals surface area (Å²) in [5.41, 5.74) is -0.154. The average molecular weight is 1760 g/mol. The molecule has 3 heterocycles. The normalized spacial score (nSPS) is 10.7. The zero-order valence-corrected chi connectivity index (χ0v) is 68.6. The number of carbonyl (C=O) groups excluding carboxylic acids is 6. The van der Waals surface area contributed by atoms with Crippen LogP contribution in [0.3, 0.4) is 0 Å². The first kappa shape index (κ1) is 86.7. The molecule has 12 aromatic rings. The van der Waals surface area contributed by atoms with Gasteiger partial charge in [-0.15, -0.1) is 0 Å². The predicted octanol–water partition coefficient (Wildman–Crippen LogP) is 10.4. The average Bonchev–Trinajstić information content (AvgIpc) is 0.774. The lowest BCUT2D eigenvalue weighted by Crippen LogP contribution is -2.44. The molecule has 0 aliphatic carbocycles. The zero-order valence-electron chi connectivity index (χ0n) is 65.0. The molecule has 118 heavy (non-hydrogen) atoms. The molecular formula is C83H79Cl2IN12O20. The number of carbonyl (C=O) groups is 6. The summed E-state index contributed by atoms with van der Waals surface area (Å²) < 4.78 is 48.9. The van der Waals surface area contributed by atoms with Crippen molar-refractivity contribution >= 4 is 148 Å². The van der Waals surface area contributed by atoms with Crippen LogP contribution < -0.4 is 104 Å². The van der Waals surface area contributed by atoms with Gasteiger partial charge in [-0.05, 0) is 151 Å². The third-order valence-electron chi connectivity index (χ3n) is 17.8. The molecule has 0 aliphatic rings. The first-order valence-corrected chi connectivity index (χ1v) is 37.7. The van der Waals surface area contributed by atoms with E-state index >= 15 is 0 Å². The van der Waals surface area contributed by atoms with Crippen LogP contribution in [0.25, 0.3) is 32.7 Å². The molecule has 0 bridgehead atoms. The molecule has 0 saturated carbocycles. The van der Waals surface area contributed by atoms with Crippen LogP contribution in [0.2, 0.25) is 10.0 Å². The van der Waals surface area contributed by atoms with E-state index < -0.39 is 108 Å². The van der Waals surface area contributed by atoms with Crippen LogP contribution in [0.5, 0.6) is 46.0 Å². The van der Waals surface area contributed by atoms with Gasteiger partial charge in [-0.3, -0.25) is 70.6 Å². The summed E-state index contributed by atoms with van der Waals surface area (Å²) in [7, 11) is 10.3. The van der Waals surface area contributed by atoms with Crippen molar-refractivity contribution in [2.24, 2.45) is 0 Å². The molecule has 6 N–H and O–H groups in total. The van der Waals surface area contributed by atoms with Crippen molar-refractivity contribution < 1.29 is 66.7 Å². The lowest BCUT2D eigenvalue weighted by Gasteiger charge is -2.16. The highest BCUT2D eigenvalue weighted by Crippen LogP contribution is 2.38. The van der Waals surface area contributed by atoms with Crippen LogP contribution in [-0.2, 0) is 68.0 Å². The van der Waals surface area contributed by atoms with Crippen LogP contribution in [0, 0.1) is 10.5 Å². The standard InChI is InChI=1S/C29H29ClN4O7.C27H25ClN4O6.C27H25IN4O7/c1-4-13-41-19-11-9-18(10-12-19)31-26(35)17-34-28(37)20-7-5-6-8-23(20)33(29(34)38)16-27(36)32-22-14-21(30)24(39-2)15-25(22)40-3;1-16-8-10-17(11-9-16)29-24(33)15-32-26(35)18-6-4-5-7-21(18)31(27(32)36)14-25(34)30-20-12-19(28)22(37-2)13-23(20)38-3;1-37-17-10-8-16(9-11-17)29-24(33)15-32-26(35)18-6-4-5-7-21(18)31(27(32)36)14-25(34)30-20-12-19(28)22(38-2)13-23(20)39-3/h5-12,14-15H,4,13,16-17H2,1-3H3,(H,31,35)(H,32,36);4-13H,14-15H2,1-3H3,(H,29,33)(H,30,34);4-13H,14-15H2,1-3H3,(H,29,33)(H,30,34). The van der Waals surface area contributed by atoms with E-state index in [1.165, 1.54) is 92.2 Å². The summed E-state index contributed by atoms with van der Waals surface area (Å²) in [6.07, 6.45) is 0.863. The molecule has 0 atom stereocenters. The molecule has 0 saturated heterocycles. The van der Waals surface area contributed by atoms with Gasteiger partial charge in [-0.25, -0.2) is 14.4 Å². The van der Waals surface area contributed by atoms with Gasteiger partial charge < -0.3 is 69.8 Å². The zero-order chi connectivity index (χ0) is 85.0. The van der Waals surface area contributed by atoms with Crippen molar-refractivity contribution in [1.29, 1.82) is 0 Å². The van der Waals surface area contributed by atoms with E-state index in [0.717, 1.165) is 43.0 Å². The fourth-order valence-corrected chi connectivity index (χ4v) is 13.2. The van der Waals surface area contributed by atoms with E-state index in [-0.39, 0.29) is 54.1 Å². The number of halogens is 3. The maximum atomic E-state index is 13.5. The van der Waals surface area contributed by atoms with Gasteiger partial charge in [0.15, 0.2) is 0 Å². The Morgan fingerprint density at radius 2 is 0.627 bits per heavy atom. The number of fused-ring (bicyclic) bond motifs is 3. The lowest BCUT2D eigenvalue weighted by molar-refractivity contribution is -0.118. The number of methoxy groups -OCH3 is 7. The number of para-hydroxylation sites is 3. The first-order chi connectivity index (χ1) is 56.7. The van der Waals surface area contributed by atoms with Crippen LogP contribution in [-0.4, -0.2) is 119 Å². The lowest BCUT2D eigenvalue weighted by atomic mass is 10.2. The van der Waals surface area contributed by atoms with E-state index in [1.807, 2.05) is 26.0 Å². The van der Waals surface area contributed by atoms with Crippen molar-refractivity contribution in [3.8, 4) is 46.0 Å². The molecule has 32 nitrogen and oxygen atoms in total. The van der Waals surface area contributed by atoms with Gasteiger partial charge in [0, 0.05) is 35.3 Å². The van der Waals surface area contributed by atoms with Crippen LogP contribution in [0.1, 0.15) is 18.9 Å². The summed E-state index contributed by atoms with van der Waals surface area (Å²) in [5.74, 6) is 0.110. The van der Waals surface area contributed by atoms with Crippen molar-refractivity contribution in [2.75, 3.05) is 88.3 Å². The number of hydrogen-bond acceptors (Lipinski definition) is 20. The Balaban J connectivity index is 0.000000187. The molecule has 35 heteroatoms. The van der Waals surface area contributed by atoms with E-state index in [4.69, 9.17) is 61.1 Å². The number of aryl methyl sites for hydroxylation is 1. The largest absolute Gasteiger partial charge is 0.497 e. The van der Waals surface area contributed by atoms with Crippen molar-refractivity contribution in [3.63, 3.8) is 0 Å².